The molecule has 0 radical (unpaired) electrons. The minimum absolute atomic E-state index is 0.00954. The third-order valence-corrected chi connectivity index (χ3v) is 1.90. The highest BCUT2D eigenvalue weighted by Gasteiger charge is 1.97. The van der Waals surface area contributed by atoms with Gasteiger partial charge in [-0.1, -0.05) is 23.3 Å². The van der Waals surface area contributed by atoms with Crippen LogP contribution in [0.4, 0.5) is 5.69 Å². The van der Waals surface area contributed by atoms with Crippen molar-refractivity contribution < 1.29 is 8.76 Å². The fourth-order valence-electron chi connectivity index (χ4n) is 0.729. The molecule has 62 valence electrons. The van der Waals surface area contributed by atoms with Crippen molar-refractivity contribution in [1.29, 1.82) is 0 Å². The average molecular weight is 182 g/mol. The molecule has 0 aliphatic heterocycles. The van der Waals surface area contributed by atoms with Crippen molar-refractivity contribution in [1.82, 2.24) is 0 Å². The lowest BCUT2D eigenvalue weighted by Crippen LogP contribution is -1.87. The van der Waals surface area contributed by atoms with Gasteiger partial charge in [0.2, 0.25) is 0 Å². The van der Waals surface area contributed by atoms with Crippen LogP contribution in [-0.4, -0.2) is 8.76 Å². The van der Waals surface area contributed by atoms with Crippen molar-refractivity contribution in [2.24, 2.45) is 5.11 Å². The first-order valence-corrected chi connectivity index (χ1v) is 4.06. The number of hydrogen-bond donors (Lipinski definition) is 0. The third-order valence-electron chi connectivity index (χ3n) is 1.20. The number of rotatable bonds is 2. The molecular weight excluding hydrogens is 178 g/mol. The Morgan fingerprint density at radius 2 is 2.17 bits per heavy atom. The van der Waals surface area contributed by atoms with E-state index in [-0.39, 0.29) is 10.6 Å². The summed E-state index contributed by atoms with van der Waals surface area (Å²) in [6, 6.07) is 5.96. The summed E-state index contributed by atoms with van der Waals surface area (Å²) >= 11 is -2.36. The zero-order chi connectivity index (χ0) is 8.97. The van der Waals surface area contributed by atoms with Gasteiger partial charge in [-0.2, -0.15) is 0 Å². The lowest BCUT2D eigenvalue weighted by molar-refractivity contribution is 0.537. The minimum Gasteiger partial charge on any atom is -0.768 e. The number of hydrogen-bond acceptors (Lipinski definition) is 3. The molecule has 0 heterocycles. The van der Waals surface area contributed by atoms with E-state index in [2.05, 4.69) is 10.0 Å². The van der Waals surface area contributed by atoms with Crippen molar-refractivity contribution in [2.45, 2.75) is 4.90 Å². The summed E-state index contributed by atoms with van der Waals surface area (Å²) in [5.41, 5.74) is 8.20. The van der Waals surface area contributed by atoms with Crippen LogP contribution in [0.3, 0.4) is 0 Å². The van der Waals surface area contributed by atoms with Gasteiger partial charge in [0.1, 0.15) is 0 Å². The van der Waals surface area contributed by atoms with E-state index in [1.165, 1.54) is 12.1 Å². The van der Waals surface area contributed by atoms with E-state index >= 15 is 0 Å². The van der Waals surface area contributed by atoms with Gasteiger partial charge in [-0.3, -0.25) is 4.21 Å². The molecule has 1 rings (SSSR count). The Kier molecular flexibility index (Phi) is 2.82. The Morgan fingerprint density at radius 3 is 2.75 bits per heavy atom. The molecule has 0 fully saturated rings. The van der Waals surface area contributed by atoms with E-state index < -0.39 is 11.1 Å². The Hall–Kier alpha value is -1.36. The van der Waals surface area contributed by atoms with Gasteiger partial charge in [0, 0.05) is 9.81 Å². The Balaban J connectivity index is 3.26. The van der Waals surface area contributed by atoms with Crippen LogP contribution in [0.15, 0.2) is 34.3 Å². The summed E-state index contributed by atoms with van der Waals surface area (Å²) in [6.45, 7) is 0. The monoisotopic (exact) mass is 182 g/mol. The first kappa shape index (κ1) is 8.73. The molecule has 1 aromatic rings. The van der Waals surface area contributed by atoms with Crippen molar-refractivity contribution in [3.63, 3.8) is 0 Å². The maximum atomic E-state index is 10.5. The van der Waals surface area contributed by atoms with E-state index in [1.54, 1.807) is 12.1 Å². The van der Waals surface area contributed by atoms with E-state index in [9.17, 15) is 8.76 Å². The molecule has 0 aliphatic carbocycles. The molecule has 0 bridgehead atoms. The fraction of sp³-hybridized carbons (Fsp3) is 0. The molecule has 0 saturated heterocycles. The largest absolute Gasteiger partial charge is 0.768 e. The van der Waals surface area contributed by atoms with Gasteiger partial charge < -0.3 is 4.55 Å². The average Bonchev–Trinajstić information content (AvgIpc) is 2.05. The molecule has 0 amide bonds. The van der Waals surface area contributed by atoms with E-state index in [4.69, 9.17) is 5.53 Å². The topological polar surface area (TPSA) is 88.9 Å². The van der Waals surface area contributed by atoms with Crippen LogP contribution in [0.5, 0.6) is 0 Å². The normalized spacial score (nSPS) is 11.8. The predicted octanol–water partition coefficient (Wildman–Crippen LogP) is 1.87. The quantitative estimate of drug-likeness (QED) is 0.302. The van der Waals surface area contributed by atoms with Crippen LogP contribution in [-0.2, 0) is 11.1 Å². The van der Waals surface area contributed by atoms with Gasteiger partial charge in [-0.25, -0.2) is 0 Å². The van der Waals surface area contributed by atoms with Crippen molar-refractivity contribution >= 4 is 16.8 Å². The molecule has 1 atom stereocenters. The van der Waals surface area contributed by atoms with Crippen molar-refractivity contribution in [3.05, 3.63) is 34.7 Å². The van der Waals surface area contributed by atoms with E-state index in [0.29, 0.717) is 0 Å². The molecule has 6 heteroatoms. The second-order valence-corrected chi connectivity index (χ2v) is 2.80. The second kappa shape index (κ2) is 3.87. The number of nitrogens with zero attached hydrogens (tertiary/aromatic N) is 3. The lowest BCUT2D eigenvalue weighted by Gasteiger charge is -2.06. The van der Waals surface area contributed by atoms with Gasteiger partial charge >= 0.3 is 0 Å². The third kappa shape index (κ3) is 1.82. The van der Waals surface area contributed by atoms with E-state index in [0.717, 1.165) is 0 Å². The standard InChI is InChI=1S/C6H5N3O2S/c7-9-8-5-3-1-2-4-6(5)12(10)11/h1-4H,(H,10,11)/p-1. The summed E-state index contributed by atoms with van der Waals surface area (Å²) in [5, 5.41) is 3.22. The van der Waals surface area contributed by atoms with Crippen LogP contribution >= 0.6 is 0 Å². The summed E-state index contributed by atoms with van der Waals surface area (Å²) in [5.74, 6) is 0. The Morgan fingerprint density at radius 1 is 1.50 bits per heavy atom. The fourth-order valence-corrected chi connectivity index (χ4v) is 1.20. The van der Waals surface area contributed by atoms with Crippen molar-refractivity contribution in [2.75, 3.05) is 0 Å². The van der Waals surface area contributed by atoms with Crippen LogP contribution in [0.2, 0.25) is 0 Å². The van der Waals surface area contributed by atoms with Crippen molar-refractivity contribution in [3.8, 4) is 0 Å². The van der Waals surface area contributed by atoms with Gasteiger partial charge in [0.15, 0.2) is 0 Å². The first-order valence-electron chi connectivity index (χ1n) is 2.99. The highest BCUT2D eigenvalue weighted by molar-refractivity contribution is 7.79. The SMILES string of the molecule is [N-]=[N+]=Nc1ccccc1S(=O)[O-]. The van der Waals surface area contributed by atoms with Crippen LogP contribution in [0.25, 0.3) is 10.4 Å². The first-order chi connectivity index (χ1) is 5.75. The Labute approximate surface area is 70.9 Å². The molecule has 1 unspecified atom stereocenters. The van der Waals surface area contributed by atoms with Crippen LogP contribution < -0.4 is 0 Å². The molecular formula is C6H4N3O2S-. The molecule has 0 aromatic heterocycles. The molecule has 0 spiro atoms. The highest BCUT2D eigenvalue weighted by atomic mass is 32.2. The molecule has 12 heavy (non-hydrogen) atoms. The number of azide groups is 1. The molecule has 5 nitrogen and oxygen atoms in total. The second-order valence-electron chi connectivity index (χ2n) is 1.89. The maximum absolute atomic E-state index is 10.5. The van der Waals surface area contributed by atoms with Gasteiger partial charge in [0.05, 0.1) is 5.69 Å². The van der Waals surface area contributed by atoms with Gasteiger partial charge in [-0.15, -0.1) is 0 Å². The maximum Gasteiger partial charge on any atom is 0.0525 e. The zero-order valence-electron chi connectivity index (χ0n) is 5.88. The lowest BCUT2D eigenvalue weighted by atomic mass is 10.3. The minimum atomic E-state index is -2.36. The van der Waals surface area contributed by atoms with E-state index in [1.807, 2.05) is 0 Å². The summed E-state index contributed by atoms with van der Waals surface area (Å²) in [7, 11) is 0. The number of benzene rings is 1. The highest BCUT2D eigenvalue weighted by Crippen LogP contribution is 2.20. The molecule has 0 N–H and O–H groups in total. The summed E-state index contributed by atoms with van der Waals surface area (Å²) in [6.07, 6.45) is 0. The van der Waals surface area contributed by atoms with Gasteiger partial charge in [-0.05, 0) is 22.7 Å². The van der Waals surface area contributed by atoms with Crippen LogP contribution in [0, 0.1) is 0 Å². The predicted molar refractivity (Wildman–Crippen MR) is 42.4 cm³/mol. The molecule has 0 saturated carbocycles. The zero-order valence-corrected chi connectivity index (χ0v) is 6.69. The summed E-state index contributed by atoms with van der Waals surface area (Å²) in [4.78, 5) is 2.51. The van der Waals surface area contributed by atoms with Crippen LogP contribution in [0.1, 0.15) is 0 Å². The Bertz CT molecular complexity index is 339. The van der Waals surface area contributed by atoms with Gasteiger partial charge in [0.25, 0.3) is 0 Å². The molecule has 0 aliphatic rings. The summed E-state index contributed by atoms with van der Waals surface area (Å²) < 4.78 is 21.0. The molecule has 1 aromatic carbocycles. The smallest absolute Gasteiger partial charge is 0.0525 e.